The van der Waals surface area contributed by atoms with Gasteiger partial charge in [0.25, 0.3) is 11.8 Å². The van der Waals surface area contributed by atoms with E-state index in [2.05, 4.69) is 135 Å². The van der Waals surface area contributed by atoms with Gasteiger partial charge in [-0.2, -0.15) is 0 Å². The van der Waals surface area contributed by atoms with Gasteiger partial charge in [0, 0.05) is 53.5 Å². The molecule has 2 aliphatic heterocycles. The van der Waals surface area contributed by atoms with Crippen LogP contribution in [-0.2, 0) is 22.4 Å². The van der Waals surface area contributed by atoms with Crippen LogP contribution in [0.2, 0.25) is 0 Å². The molecule has 0 bridgehead atoms. The average Bonchev–Trinajstić information content (AvgIpc) is 4.44. The Morgan fingerprint density at radius 3 is 1.10 bits per heavy atom. The molecule has 80 heavy (non-hydrogen) atoms. The number of carbonyl (C=O) groups is 2. The van der Waals surface area contributed by atoms with Crippen LogP contribution in [-0.4, -0.2) is 24.9 Å². The molecule has 2 amide bonds. The summed E-state index contributed by atoms with van der Waals surface area (Å²) in [7, 11) is 0. The highest BCUT2D eigenvalue weighted by atomic mass is 32.1. The Balaban J connectivity index is 1.13. The number of nitrogens with zero attached hydrogens (tertiary/aromatic N) is 2. The Labute approximate surface area is 500 Å². The third kappa shape index (κ3) is 16.2. The highest BCUT2D eigenvalue weighted by Crippen LogP contribution is 2.51. The lowest BCUT2D eigenvalue weighted by Gasteiger charge is -2.24. The van der Waals surface area contributed by atoms with Crippen molar-refractivity contribution in [3.63, 3.8) is 0 Å². The topological polar surface area (TPSA) is 40.6 Å². The smallest absolute Gasteiger partial charge is 0.259 e. The van der Waals surface area contributed by atoms with E-state index in [-0.39, 0.29) is 11.8 Å². The van der Waals surface area contributed by atoms with Gasteiger partial charge in [-0.15, -0.1) is 45.3 Å². The van der Waals surface area contributed by atoms with Gasteiger partial charge in [0.05, 0.1) is 22.5 Å². The molecule has 0 saturated carbocycles. The standard InChI is InChI=1S/C72H98N2O2S4/c1-7-13-17-19-21-23-25-27-29-31-37-57-49-65(79-69(57)63-39-33-45-77-63)55-41-43-59-61(47-55)73(51-53(11-5)35-15-9-3)71(75)67(59)68-60-44-42-56(48-62(60)74(72(68)76)52-54(12-6)36-16-10-4)66-50-58(70(80-66)64-40-34-46-78-64)38-32-30-28-26-24-22-20-18-14-8-2/h33-34,39-50,53-54H,7-32,35-38,51-52H2,1-6H3/b68-67+. The molecule has 6 heterocycles. The van der Waals surface area contributed by atoms with Crippen LogP contribution in [0.3, 0.4) is 0 Å². The molecule has 2 aliphatic rings. The van der Waals surface area contributed by atoms with E-state index in [1.54, 1.807) is 0 Å². The number of unbranched alkanes of at least 4 members (excludes halogenated alkanes) is 20. The second-order valence-electron chi connectivity index (χ2n) is 23.6. The summed E-state index contributed by atoms with van der Waals surface area (Å²) >= 11 is 7.48. The van der Waals surface area contributed by atoms with E-state index >= 15 is 9.59 Å². The zero-order valence-corrected chi connectivity index (χ0v) is 53.5. The number of hydrogen-bond acceptors (Lipinski definition) is 6. The quantitative estimate of drug-likeness (QED) is 0.0286. The number of carbonyl (C=O) groups excluding carboxylic acids is 2. The predicted octanol–water partition coefficient (Wildman–Crippen LogP) is 23.6. The minimum Gasteiger partial charge on any atom is -0.307 e. The van der Waals surface area contributed by atoms with Crippen LogP contribution in [0.1, 0.15) is 244 Å². The van der Waals surface area contributed by atoms with Crippen LogP contribution >= 0.6 is 45.3 Å². The Hall–Kier alpha value is -4.08. The average molecular weight is 1150 g/mol. The predicted molar refractivity (Wildman–Crippen MR) is 355 cm³/mol. The fourth-order valence-corrected chi connectivity index (χ4v) is 16.7. The van der Waals surface area contributed by atoms with Gasteiger partial charge in [0.2, 0.25) is 0 Å². The number of anilines is 2. The van der Waals surface area contributed by atoms with Gasteiger partial charge in [0.1, 0.15) is 0 Å². The molecule has 0 N–H and O–H groups in total. The molecule has 0 aliphatic carbocycles. The Morgan fingerprint density at radius 1 is 0.400 bits per heavy atom. The van der Waals surface area contributed by atoms with Gasteiger partial charge >= 0.3 is 0 Å². The Morgan fingerprint density at radius 2 is 0.762 bits per heavy atom. The van der Waals surface area contributed by atoms with Crippen molar-refractivity contribution in [3.05, 3.63) is 106 Å². The van der Waals surface area contributed by atoms with Crippen LogP contribution in [0, 0.1) is 11.8 Å². The molecule has 0 radical (unpaired) electrons. The van der Waals surface area contributed by atoms with E-state index in [1.165, 1.54) is 169 Å². The van der Waals surface area contributed by atoms with E-state index in [1.807, 2.05) is 45.3 Å². The van der Waals surface area contributed by atoms with Gasteiger partial charge < -0.3 is 9.80 Å². The van der Waals surface area contributed by atoms with Gasteiger partial charge in [-0.05, 0) is 120 Å². The first kappa shape index (κ1) is 62.0. The van der Waals surface area contributed by atoms with Crippen LogP contribution in [0.15, 0.2) is 83.6 Å². The first-order chi connectivity index (χ1) is 39.3. The first-order valence-electron chi connectivity index (χ1n) is 32.3. The monoisotopic (exact) mass is 1150 g/mol. The fourth-order valence-electron chi connectivity index (χ4n) is 12.5. The lowest BCUT2D eigenvalue weighted by molar-refractivity contribution is -0.114. The molecule has 4 aromatic heterocycles. The second-order valence-corrected chi connectivity index (χ2v) is 27.6. The summed E-state index contributed by atoms with van der Waals surface area (Å²) < 4.78 is 0. The Kier molecular flexibility index (Phi) is 25.3. The van der Waals surface area contributed by atoms with Crippen molar-refractivity contribution >= 4 is 79.7 Å². The summed E-state index contributed by atoms with van der Waals surface area (Å²) in [6.45, 7) is 15.0. The molecule has 6 aromatic rings. The fraction of sp³-hybridized carbons (Fsp3) is 0.556. The summed E-state index contributed by atoms with van der Waals surface area (Å²) in [5.41, 5.74) is 10.1. The SMILES string of the molecule is CCCCCCCCCCCCc1cc(-c2ccc3c(c2)N(CC(CC)CCCC)C(=O)/C3=C2/C(=O)N(CC(CC)CCCC)c3cc(-c4cc(CCCCCCCCCCCC)c(-c5cccs5)s4)ccc32)sc1-c1cccs1. The van der Waals surface area contributed by atoms with Crippen LogP contribution in [0.4, 0.5) is 11.4 Å². The molecular weight excluding hydrogens is 1050 g/mol. The van der Waals surface area contributed by atoms with Crippen molar-refractivity contribution in [3.8, 4) is 40.4 Å². The van der Waals surface area contributed by atoms with E-state index in [0.717, 1.165) is 97.8 Å². The zero-order valence-electron chi connectivity index (χ0n) is 50.2. The van der Waals surface area contributed by atoms with Crippen LogP contribution < -0.4 is 9.80 Å². The Bertz CT molecular complexity index is 2650. The number of fused-ring (bicyclic) bond motifs is 2. The molecule has 0 fully saturated rings. The molecule has 0 spiro atoms. The molecule has 4 nitrogen and oxygen atoms in total. The normalized spacial score (nSPS) is 15.0. The molecule has 432 valence electrons. The molecule has 2 aromatic carbocycles. The lowest BCUT2D eigenvalue weighted by atomic mass is 9.94. The maximum Gasteiger partial charge on any atom is 0.259 e. The van der Waals surface area contributed by atoms with Gasteiger partial charge in [-0.25, -0.2) is 0 Å². The zero-order chi connectivity index (χ0) is 56.1. The minimum absolute atomic E-state index is 0.0204. The maximum atomic E-state index is 15.6. The van der Waals surface area contributed by atoms with E-state index in [4.69, 9.17) is 0 Å². The van der Waals surface area contributed by atoms with Crippen molar-refractivity contribution in [1.29, 1.82) is 0 Å². The van der Waals surface area contributed by atoms with Crippen molar-refractivity contribution in [2.24, 2.45) is 11.8 Å². The summed E-state index contributed by atoms with van der Waals surface area (Å²) in [5.74, 6) is 0.698. The molecule has 8 heteroatoms. The lowest BCUT2D eigenvalue weighted by Crippen LogP contribution is -2.34. The third-order valence-electron chi connectivity index (χ3n) is 17.5. The number of benzene rings is 2. The highest BCUT2D eigenvalue weighted by molar-refractivity contribution is 7.24. The maximum absolute atomic E-state index is 15.6. The van der Waals surface area contributed by atoms with E-state index in [9.17, 15) is 0 Å². The van der Waals surface area contributed by atoms with Crippen LogP contribution in [0.5, 0.6) is 0 Å². The van der Waals surface area contributed by atoms with Crippen molar-refractivity contribution < 1.29 is 9.59 Å². The minimum atomic E-state index is -0.0204. The molecule has 2 atom stereocenters. The van der Waals surface area contributed by atoms with E-state index < -0.39 is 0 Å². The van der Waals surface area contributed by atoms with E-state index in [0.29, 0.717) is 36.1 Å². The number of amides is 2. The summed E-state index contributed by atoms with van der Waals surface area (Å²) in [4.78, 5) is 43.4. The second kappa shape index (κ2) is 32.7. The van der Waals surface area contributed by atoms with Crippen molar-refractivity contribution in [1.82, 2.24) is 0 Å². The molecule has 0 saturated heterocycles. The number of rotatable bonds is 38. The highest BCUT2D eigenvalue weighted by Gasteiger charge is 2.43. The first-order valence-corrected chi connectivity index (χ1v) is 35.7. The van der Waals surface area contributed by atoms with Gasteiger partial charge in [-0.3, -0.25) is 9.59 Å². The summed E-state index contributed by atoms with van der Waals surface area (Å²) in [5, 5.41) is 4.41. The van der Waals surface area contributed by atoms with Crippen molar-refractivity contribution in [2.45, 2.75) is 234 Å². The molecular formula is C72H98N2O2S4. The van der Waals surface area contributed by atoms with Crippen LogP contribution in [0.25, 0.3) is 51.5 Å². The molecule has 8 rings (SSSR count). The largest absolute Gasteiger partial charge is 0.307 e. The third-order valence-corrected chi connectivity index (χ3v) is 22.1. The number of thiophene rings is 4. The number of hydrogen-bond donors (Lipinski definition) is 0. The van der Waals surface area contributed by atoms with Gasteiger partial charge in [-0.1, -0.05) is 232 Å². The summed E-state index contributed by atoms with van der Waals surface area (Å²) in [6, 6.07) is 27.3. The summed E-state index contributed by atoms with van der Waals surface area (Å²) in [6.07, 6.45) is 37.6. The molecule has 2 unspecified atom stereocenters. The van der Waals surface area contributed by atoms with Crippen molar-refractivity contribution in [2.75, 3.05) is 22.9 Å². The number of aryl methyl sites for hydroxylation is 2. The van der Waals surface area contributed by atoms with Gasteiger partial charge in [0.15, 0.2) is 0 Å².